The van der Waals surface area contributed by atoms with Crippen LogP contribution in [0.25, 0.3) is 0 Å². The molecular weight excluding hydrogens is 337 g/mol. The molecule has 0 aliphatic carbocycles. The molecule has 2 aliphatic heterocycles. The maximum absolute atomic E-state index is 13.7. The number of amides is 1. The van der Waals surface area contributed by atoms with Crippen LogP contribution in [-0.4, -0.2) is 55.4 Å². The van der Waals surface area contributed by atoms with Crippen LogP contribution in [0.3, 0.4) is 0 Å². The minimum Gasteiger partial charge on any atom is -0.379 e. The predicted octanol–water partition coefficient (Wildman–Crippen LogP) is 2.57. The number of ether oxygens (including phenoxy) is 1. The molecule has 7 heteroatoms. The summed E-state index contributed by atoms with van der Waals surface area (Å²) in [6.07, 6.45) is 3.35. The monoisotopic (exact) mass is 359 g/mol. The largest absolute Gasteiger partial charge is 0.379 e. The maximum atomic E-state index is 13.7. The number of aromatic nitrogens is 1. The maximum Gasteiger partial charge on any atom is 0.292 e. The van der Waals surface area contributed by atoms with Crippen LogP contribution in [0.5, 0.6) is 0 Å². The molecule has 6 nitrogen and oxygen atoms in total. The first-order chi connectivity index (χ1) is 12.7. The second kappa shape index (κ2) is 7.07. The zero-order valence-corrected chi connectivity index (χ0v) is 14.6. The minimum atomic E-state index is -0.243. The van der Waals surface area contributed by atoms with Crippen LogP contribution in [0.15, 0.2) is 41.1 Å². The number of carbonyl (C=O) groups is 1. The molecular formula is C19H22FN3O3. The van der Waals surface area contributed by atoms with Crippen LogP contribution >= 0.6 is 0 Å². The van der Waals surface area contributed by atoms with E-state index in [-0.39, 0.29) is 22.9 Å². The summed E-state index contributed by atoms with van der Waals surface area (Å²) in [5.41, 5.74) is 0.685. The van der Waals surface area contributed by atoms with Gasteiger partial charge in [0.25, 0.3) is 5.91 Å². The van der Waals surface area contributed by atoms with Crippen molar-refractivity contribution in [2.45, 2.75) is 12.8 Å². The lowest BCUT2D eigenvalue weighted by Crippen LogP contribution is -2.52. The molecule has 0 N–H and O–H groups in total. The zero-order valence-electron chi connectivity index (χ0n) is 14.6. The summed E-state index contributed by atoms with van der Waals surface area (Å²) in [6.45, 7) is 3.92. The van der Waals surface area contributed by atoms with E-state index in [1.165, 1.54) is 12.3 Å². The van der Waals surface area contributed by atoms with Gasteiger partial charge < -0.3 is 19.1 Å². The van der Waals surface area contributed by atoms with Gasteiger partial charge in [0.1, 0.15) is 5.82 Å². The van der Waals surface area contributed by atoms with Crippen molar-refractivity contribution >= 4 is 11.6 Å². The van der Waals surface area contributed by atoms with Crippen molar-refractivity contribution < 1.29 is 18.4 Å². The van der Waals surface area contributed by atoms with Crippen LogP contribution in [0, 0.1) is 11.2 Å². The van der Waals surface area contributed by atoms with Crippen molar-refractivity contribution in [3.63, 3.8) is 0 Å². The van der Waals surface area contributed by atoms with Gasteiger partial charge in [-0.05, 0) is 31.0 Å². The van der Waals surface area contributed by atoms with Gasteiger partial charge in [0.2, 0.25) is 5.76 Å². The predicted molar refractivity (Wildman–Crippen MR) is 93.5 cm³/mol. The van der Waals surface area contributed by atoms with E-state index in [0.29, 0.717) is 32.8 Å². The van der Waals surface area contributed by atoms with Crippen molar-refractivity contribution in [3.05, 3.63) is 48.1 Å². The Morgan fingerprint density at radius 1 is 1.23 bits per heavy atom. The minimum absolute atomic E-state index is 0.136. The Balaban J connectivity index is 1.54. The highest BCUT2D eigenvalue weighted by Gasteiger charge is 2.41. The number of hydrogen-bond donors (Lipinski definition) is 0. The van der Waals surface area contributed by atoms with Crippen LogP contribution in [0.1, 0.15) is 23.4 Å². The highest BCUT2D eigenvalue weighted by molar-refractivity contribution is 5.91. The van der Waals surface area contributed by atoms with E-state index >= 15 is 0 Å². The molecule has 1 atom stereocenters. The molecule has 0 radical (unpaired) electrons. The first-order valence-corrected chi connectivity index (χ1v) is 8.94. The molecule has 1 amide bonds. The number of rotatable bonds is 2. The first-order valence-electron chi connectivity index (χ1n) is 8.94. The number of likely N-dealkylation sites (tertiary alicyclic amines) is 1. The number of anilines is 1. The van der Waals surface area contributed by atoms with E-state index in [4.69, 9.17) is 9.26 Å². The lowest BCUT2D eigenvalue weighted by atomic mass is 9.80. The Labute approximate surface area is 151 Å². The number of nitrogens with zero attached hydrogens (tertiary/aromatic N) is 3. The van der Waals surface area contributed by atoms with Gasteiger partial charge in [0.05, 0.1) is 19.4 Å². The van der Waals surface area contributed by atoms with Crippen LogP contribution in [0.4, 0.5) is 10.1 Å². The fraction of sp³-hybridized carbons (Fsp3) is 0.474. The van der Waals surface area contributed by atoms with E-state index in [0.717, 1.165) is 25.1 Å². The Morgan fingerprint density at radius 3 is 2.96 bits per heavy atom. The van der Waals surface area contributed by atoms with Crippen molar-refractivity contribution in [1.82, 2.24) is 10.1 Å². The summed E-state index contributed by atoms with van der Waals surface area (Å²) < 4.78 is 24.6. The van der Waals surface area contributed by atoms with E-state index in [1.54, 1.807) is 18.2 Å². The Kier molecular flexibility index (Phi) is 4.63. The fourth-order valence-corrected chi connectivity index (χ4v) is 4.00. The van der Waals surface area contributed by atoms with Gasteiger partial charge in [0.15, 0.2) is 0 Å². The quantitative estimate of drug-likeness (QED) is 0.825. The Morgan fingerprint density at radius 2 is 2.15 bits per heavy atom. The van der Waals surface area contributed by atoms with E-state index in [9.17, 15) is 9.18 Å². The van der Waals surface area contributed by atoms with Gasteiger partial charge in [-0.1, -0.05) is 11.2 Å². The topological polar surface area (TPSA) is 58.8 Å². The number of piperidine rings is 1. The van der Waals surface area contributed by atoms with E-state index < -0.39 is 0 Å². The summed E-state index contributed by atoms with van der Waals surface area (Å²) in [4.78, 5) is 16.6. The molecule has 1 aromatic heterocycles. The lowest BCUT2D eigenvalue weighted by molar-refractivity contribution is 0.0119. The summed E-state index contributed by atoms with van der Waals surface area (Å²) in [5.74, 6) is -0.116. The average Bonchev–Trinajstić information content (AvgIpc) is 3.11. The molecule has 1 spiro atoms. The van der Waals surface area contributed by atoms with Crippen LogP contribution in [0.2, 0.25) is 0 Å². The first kappa shape index (κ1) is 17.0. The van der Waals surface area contributed by atoms with Crippen molar-refractivity contribution in [3.8, 4) is 0 Å². The molecule has 2 aromatic rings. The molecule has 26 heavy (non-hydrogen) atoms. The van der Waals surface area contributed by atoms with Crippen LogP contribution in [-0.2, 0) is 4.74 Å². The number of hydrogen-bond acceptors (Lipinski definition) is 5. The molecule has 3 heterocycles. The molecule has 0 saturated carbocycles. The summed E-state index contributed by atoms with van der Waals surface area (Å²) in [6, 6.07) is 8.24. The molecule has 1 aromatic carbocycles. The molecule has 0 bridgehead atoms. The van der Waals surface area contributed by atoms with E-state index in [2.05, 4.69) is 10.1 Å². The SMILES string of the molecule is O=C(c1ccno1)N1CCCC2(COCCN(c3cccc(F)c3)C2)C1. The average molecular weight is 359 g/mol. The Hall–Kier alpha value is -2.41. The van der Waals surface area contributed by atoms with Gasteiger partial charge in [-0.2, -0.15) is 0 Å². The lowest BCUT2D eigenvalue weighted by Gasteiger charge is -2.43. The highest BCUT2D eigenvalue weighted by atomic mass is 19.1. The van der Waals surface area contributed by atoms with Gasteiger partial charge in [-0.25, -0.2) is 4.39 Å². The van der Waals surface area contributed by atoms with Gasteiger partial charge in [-0.3, -0.25) is 4.79 Å². The fourth-order valence-electron chi connectivity index (χ4n) is 4.00. The zero-order chi connectivity index (χ0) is 18.0. The van der Waals surface area contributed by atoms with Crippen molar-refractivity contribution in [1.29, 1.82) is 0 Å². The summed E-state index contributed by atoms with van der Waals surface area (Å²) in [7, 11) is 0. The second-order valence-corrected chi connectivity index (χ2v) is 7.16. The normalized spacial score (nSPS) is 23.9. The summed E-state index contributed by atoms with van der Waals surface area (Å²) >= 11 is 0. The highest BCUT2D eigenvalue weighted by Crippen LogP contribution is 2.35. The smallest absolute Gasteiger partial charge is 0.292 e. The number of benzene rings is 1. The second-order valence-electron chi connectivity index (χ2n) is 7.16. The van der Waals surface area contributed by atoms with Gasteiger partial charge in [-0.15, -0.1) is 0 Å². The van der Waals surface area contributed by atoms with Crippen molar-refractivity contribution in [2.24, 2.45) is 5.41 Å². The standard InChI is InChI=1S/C19H22FN3O3/c20-15-3-1-4-16(11-15)22-9-10-25-14-19(12-22)6-2-8-23(13-19)18(24)17-5-7-21-26-17/h1,3-5,7,11H,2,6,8-10,12-14H2. The third-order valence-electron chi connectivity index (χ3n) is 5.21. The van der Waals surface area contributed by atoms with Gasteiger partial charge >= 0.3 is 0 Å². The van der Waals surface area contributed by atoms with E-state index in [1.807, 2.05) is 11.0 Å². The molecule has 2 aliphatic rings. The van der Waals surface area contributed by atoms with Crippen LogP contribution < -0.4 is 4.90 Å². The molecule has 2 saturated heterocycles. The molecule has 138 valence electrons. The molecule has 2 fully saturated rings. The number of carbonyl (C=O) groups excluding carboxylic acids is 1. The molecule has 4 rings (SSSR count). The van der Waals surface area contributed by atoms with Crippen molar-refractivity contribution in [2.75, 3.05) is 44.3 Å². The van der Waals surface area contributed by atoms with Gasteiger partial charge in [0, 0.05) is 43.3 Å². The summed E-state index contributed by atoms with van der Waals surface area (Å²) in [5, 5.41) is 3.63. The molecule has 1 unspecified atom stereocenters. The third-order valence-corrected chi connectivity index (χ3v) is 5.21. The Bertz CT molecular complexity index is 767. The third kappa shape index (κ3) is 3.44. The number of halogens is 1.